The van der Waals surface area contributed by atoms with Gasteiger partial charge in [0.15, 0.2) is 0 Å². The molecule has 0 aliphatic carbocycles. The van der Waals surface area contributed by atoms with E-state index in [9.17, 15) is 5.11 Å². The van der Waals surface area contributed by atoms with Gasteiger partial charge in [0, 0.05) is 0 Å². The number of rotatable bonds is 2. The molecule has 1 atom stereocenters. The van der Waals surface area contributed by atoms with Crippen LogP contribution >= 0.6 is 0 Å². The molecule has 0 fully saturated rings. The Labute approximate surface area is 74.1 Å². The van der Waals surface area contributed by atoms with Gasteiger partial charge in [-0.1, -0.05) is 30.7 Å². The largest absolute Gasteiger partial charge is 0.389 e. The van der Waals surface area contributed by atoms with E-state index in [4.69, 9.17) is 0 Å². The van der Waals surface area contributed by atoms with Crippen LogP contribution in [0.2, 0.25) is 0 Å². The van der Waals surface area contributed by atoms with Gasteiger partial charge in [0.2, 0.25) is 0 Å². The number of aliphatic hydroxyl groups is 1. The molecule has 0 spiro atoms. The minimum absolute atomic E-state index is 0.347. The molecule has 0 aromatic heterocycles. The van der Waals surface area contributed by atoms with E-state index < -0.39 is 0 Å². The summed E-state index contributed by atoms with van der Waals surface area (Å²) in [4.78, 5) is 0. The van der Waals surface area contributed by atoms with Crippen LogP contribution in [0, 0.1) is 6.92 Å². The lowest BCUT2D eigenvalue weighted by Gasteiger charge is -2.11. The first kappa shape index (κ1) is 9.27. The fourth-order valence-corrected chi connectivity index (χ4v) is 1.43. The van der Waals surface area contributed by atoms with Gasteiger partial charge in [-0.3, -0.25) is 0 Å². The average molecular weight is 164 g/mol. The van der Waals surface area contributed by atoms with Crippen LogP contribution in [0.15, 0.2) is 18.2 Å². The lowest BCUT2D eigenvalue weighted by atomic mass is 9.99. The van der Waals surface area contributed by atoms with Crippen LogP contribution < -0.4 is 0 Å². The van der Waals surface area contributed by atoms with E-state index in [1.54, 1.807) is 0 Å². The quantitative estimate of drug-likeness (QED) is 0.712. The molecule has 0 radical (unpaired) electrons. The van der Waals surface area contributed by atoms with Crippen molar-refractivity contribution in [1.29, 1.82) is 0 Å². The smallest absolute Gasteiger partial charge is 0.0764 e. The molecular weight excluding hydrogens is 148 g/mol. The van der Waals surface area contributed by atoms with E-state index in [2.05, 4.69) is 25.1 Å². The molecule has 1 nitrogen and oxygen atoms in total. The van der Waals surface area contributed by atoms with Crippen molar-refractivity contribution in [1.82, 2.24) is 0 Å². The van der Waals surface area contributed by atoms with E-state index in [1.807, 2.05) is 13.8 Å². The first-order chi connectivity index (χ1) is 5.65. The average Bonchev–Trinajstić information content (AvgIpc) is 2.04. The Morgan fingerprint density at radius 1 is 1.42 bits per heavy atom. The lowest BCUT2D eigenvalue weighted by Crippen LogP contribution is -1.97. The first-order valence-corrected chi connectivity index (χ1v) is 4.42. The van der Waals surface area contributed by atoms with Crippen LogP contribution in [0.25, 0.3) is 0 Å². The minimum atomic E-state index is -0.347. The SMILES string of the molecule is CCc1ccc(C)cc1C(C)O. The van der Waals surface area contributed by atoms with Crippen molar-refractivity contribution >= 4 is 0 Å². The second-order valence-corrected chi connectivity index (χ2v) is 3.23. The maximum atomic E-state index is 9.46. The molecule has 0 bridgehead atoms. The molecular formula is C11H16O. The summed E-state index contributed by atoms with van der Waals surface area (Å²) in [6.07, 6.45) is 0.639. The Kier molecular flexibility index (Phi) is 2.88. The maximum absolute atomic E-state index is 9.46. The van der Waals surface area contributed by atoms with E-state index in [-0.39, 0.29) is 6.10 Å². The van der Waals surface area contributed by atoms with Gasteiger partial charge in [-0.05, 0) is 31.4 Å². The molecule has 1 aromatic rings. The second-order valence-electron chi connectivity index (χ2n) is 3.23. The molecule has 0 amide bonds. The highest BCUT2D eigenvalue weighted by molar-refractivity contribution is 5.32. The van der Waals surface area contributed by atoms with Crippen LogP contribution in [-0.2, 0) is 6.42 Å². The highest BCUT2D eigenvalue weighted by Gasteiger charge is 2.05. The minimum Gasteiger partial charge on any atom is -0.389 e. The topological polar surface area (TPSA) is 20.2 Å². The van der Waals surface area contributed by atoms with Crippen LogP contribution in [0.5, 0.6) is 0 Å². The van der Waals surface area contributed by atoms with Gasteiger partial charge in [-0.25, -0.2) is 0 Å². The highest BCUT2D eigenvalue weighted by atomic mass is 16.3. The monoisotopic (exact) mass is 164 g/mol. The summed E-state index contributed by atoms with van der Waals surface area (Å²) in [6, 6.07) is 6.24. The van der Waals surface area contributed by atoms with Gasteiger partial charge in [-0.2, -0.15) is 0 Å². The molecule has 1 unspecified atom stereocenters. The number of aliphatic hydroxyl groups excluding tert-OH is 1. The Balaban J connectivity index is 3.12. The lowest BCUT2D eigenvalue weighted by molar-refractivity contribution is 0.198. The zero-order valence-electron chi connectivity index (χ0n) is 7.96. The van der Waals surface area contributed by atoms with E-state index in [1.165, 1.54) is 11.1 Å². The highest BCUT2D eigenvalue weighted by Crippen LogP contribution is 2.19. The van der Waals surface area contributed by atoms with Crippen molar-refractivity contribution in [3.8, 4) is 0 Å². The third kappa shape index (κ3) is 1.86. The summed E-state index contributed by atoms with van der Waals surface area (Å²) in [7, 11) is 0. The van der Waals surface area contributed by atoms with Gasteiger partial charge < -0.3 is 5.11 Å². The van der Waals surface area contributed by atoms with Gasteiger partial charge >= 0.3 is 0 Å². The van der Waals surface area contributed by atoms with Gasteiger partial charge in [-0.15, -0.1) is 0 Å². The molecule has 0 aliphatic rings. The Morgan fingerprint density at radius 2 is 2.08 bits per heavy atom. The number of aryl methyl sites for hydroxylation is 2. The molecule has 0 saturated carbocycles. The summed E-state index contributed by atoms with van der Waals surface area (Å²) < 4.78 is 0. The van der Waals surface area contributed by atoms with Crippen LogP contribution in [0.4, 0.5) is 0 Å². The Morgan fingerprint density at radius 3 is 2.58 bits per heavy atom. The number of hydrogen-bond acceptors (Lipinski definition) is 1. The molecule has 0 aliphatic heterocycles. The maximum Gasteiger partial charge on any atom is 0.0764 e. The van der Waals surface area contributed by atoms with Crippen molar-refractivity contribution in [2.75, 3.05) is 0 Å². The zero-order valence-corrected chi connectivity index (χ0v) is 7.96. The van der Waals surface area contributed by atoms with Gasteiger partial charge in [0.25, 0.3) is 0 Å². The summed E-state index contributed by atoms with van der Waals surface area (Å²) >= 11 is 0. The molecule has 1 N–H and O–H groups in total. The predicted octanol–water partition coefficient (Wildman–Crippen LogP) is 2.61. The first-order valence-electron chi connectivity index (χ1n) is 4.42. The van der Waals surface area contributed by atoms with Crippen molar-refractivity contribution in [2.45, 2.75) is 33.3 Å². The summed E-state index contributed by atoms with van der Waals surface area (Å²) in [6.45, 7) is 5.97. The van der Waals surface area contributed by atoms with E-state index >= 15 is 0 Å². The van der Waals surface area contributed by atoms with E-state index in [0.717, 1.165) is 12.0 Å². The van der Waals surface area contributed by atoms with Crippen molar-refractivity contribution in [3.63, 3.8) is 0 Å². The molecule has 66 valence electrons. The number of benzene rings is 1. The van der Waals surface area contributed by atoms with E-state index in [0.29, 0.717) is 0 Å². The third-order valence-electron chi connectivity index (χ3n) is 2.13. The molecule has 1 rings (SSSR count). The van der Waals surface area contributed by atoms with Crippen LogP contribution in [-0.4, -0.2) is 5.11 Å². The van der Waals surface area contributed by atoms with Crippen molar-refractivity contribution < 1.29 is 5.11 Å². The molecule has 0 saturated heterocycles. The number of hydrogen-bond donors (Lipinski definition) is 1. The standard InChI is InChI=1S/C11H16O/c1-4-10-6-5-8(2)7-11(10)9(3)12/h5-7,9,12H,4H2,1-3H3. The normalized spacial score (nSPS) is 13.0. The second kappa shape index (κ2) is 3.72. The summed E-state index contributed by atoms with van der Waals surface area (Å²) in [5, 5.41) is 9.46. The zero-order chi connectivity index (χ0) is 9.14. The molecule has 12 heavy (non-hydrogen) atoms. The van der Waals surface area contributed by atoms with Crippen LogP contribution in [0.3, 0.4) is 0 Å². The van der Waals surface area contributed by atoms with Gasteiger partial charge in [0.05, 0.1) is 6.10 Å². The summed E-state index contributed by atoms with van der Waals surface area (Å²) in [5.74, 6) is 0. The Bertz CT molecular complexity index is 264. The predicted molar refractivity (Wildman–Crippen MR) is 51.2 cm³/mol. The molecule has 1 aromatic carbocycles. The van der Waals surface area contributed by atoms with Crippen molar-refractivity contribution in [2.24, 2.45) is 0 Å². The Hall–Kier alpha value is -0.820. The van der Waals surface area contributed by atoms with Crippen molar-refractivity contribution in [3.05, 3.63) is 34.9 Å². The summed E-state index contributed by atoms with van der Waals surface area (Å²) in [5.41, 5.74) is 3.52. The van der Waals surface area contributed by atoms with Gasteiger partial charge in [0.1, 0.15) is 0 Å². The fourth-order valence-electron chi connectivity index (χ4n) is 1.43. The molecule has 1 heteroatoms. The third-order valence-corrected chi connectivity index (χ3v) is 2.13. The molecule has 0 heterocycles. The fraction of sp³-hybridized carbons (Fsp3) is 0.455. The van der Waals surface area contributed by atoms with Crippen LogP contribution in [0.1, 0.15) is 36.6 Å².